The smallest absolute Gasteiger partial charge is 0.259 e. The number of aryl methyl sites for hydroxylation is 2. The van der Waals surface area contributed by atoms with Crippen molar-refractivity contribution in [3.63, 3.8) is 0 Å². The summed E-state index contributed by atoms with van der Waals surface area (Å²) in [6, 6.07) is 17.4. The zero-order chi connectivity index (χ0) is 81.4. The number of halogens is 4. The van der Waals surface area contributed by atoms with E-state index in [1.165, 1.54) is 78.7 Å². The Labute approximate surface area is 695 Å². The molecule has 43 heteroatoms. The maximum atomic E-state index is 17.1. The summed E-state index contributed by atoms with van der Waals surface area (Å²) in [5.74, 6) is -0.347. The van der Waals surface area contributed by atoms with Gasteiger partial charge in [-0.25, -0.2) is 77.4 Å². The van der Waals surface area contributed by atoms with Crippen LogP contribution in [0.25, 0.3) is 44.7 Å². The number of nitrogens with zero attached hydrogens (tertiary/aromatic N) is 18. The molecule has 2 aromatic carbocycles. The summed E-state index contributed by atoms with van der Waals surface area (Å²) in [5, 5.41) is 10.5. The molecule has 8 aromatic heterocycles. The maximum Gasteiger partial charge on any atom is 0.259 e. The number of amides is 2. The standard InChI is InChI=1S/C39H48F2N9O7PSSi.C33H34F2N9O7PS.C2H6.2H2S/c1-7-25-31-27(40)37(54-25)49-21-46-29-24(42-19-43-33(29)49)16-12-9-13-17-48(36(51)23-14-10-8-11-15-23)34-30-35(45-20-44-34)50(22-47-30)38-28(41)32(57-60(5,6)39(2,3)4)26(55-38)18-53-58(52,59)56-31;1-2-20-27-23(35)33(49-20)43-16-40-24-19(36-14-37-28(24)43)11-7-4-8-12-42(31(46)18-9-5-3-6-10-18)29-25-30(39-15-38-29)44(17-41-25)32-22(34)26(45)21(50-32)13-48-52(47,53)51-27;1-2;;/h8-11,13-15,19-22,25-28,31-32,37-38H,7,12,16-18H2,1-6H3,(H,52,59);3-6,8-10,14-17,20-23,26-27,32-33,45H,2,7,11-13H2,1H3,(H,47,53);1-2H3;2*1H2/p-2/b13-9+;8-4+;;;/t25-,26-,27-,28-,31-,32-,37-,38?,58?;20-,21-,22-,23-,26-,27-,32?,33-,52?;;;/m11.../s1. The van der Waals surface area contributed by atoms with E-state index in [-0.39, 0.29) is 97.3 Å². The van der Waals surface area contributed by atoms with Crippen molar-refractivity contribution >= 4 is 141 Å². The summed E-state index contributed by atoms with van der Waals surface area (Å²) in [7, 11) is -2.67. The van der Waals surface area contributed by atoms with Crippen LogP contribution in [0.4, 0.5) is 29.2 Å². The monoisotopic (exact) mass is 1750 g/mol. The second-order valence-electron chi connectivity index (χ2n) is 29.2. The van der Waals surface area contributed by atoms with Gasteiger partial charge in [-0.1, -0.05) is 121 Å². The van der Waals surface area contributed by atoms with E-state index in [0.717, 1.165) is 0 Å². The van der Waals surface area contributed by atoms with Gasteiger partial charge in [0.25, 0.3) is 11.8 Å². The molecule has 16 rings (SSSR count). The lowest BCUT2D eigenvalue weighted by molar-refractivity contribution is -0.216. The van der Waals surface area contributed by atoms with Gasteiger partial charge < -0.3 is 63.7 Å². The van der Waals surface area contributed by atoms with Crippen molar-refractivity contribution in [2.45, 2.75) is 204 Å². The Morgan fingerprint density at radius 3 is 1.40 bits per heavy atom. The Morgan fingerprint density at radius 2 is 0.957 bits per heavy atom. The minimum absolute atomic E-state index is 0. The quantitative estimate of drug-likeness (QED) is 0.0531. The van der Waals surface area contributed by atoms with Crippen LogP contribution in [-0.4, -0.2) is 203 Å². The van der Waals surface area contributed by atoms with E-state index >= 15 is 17.6 Å². The molecule has 6 aliphatic rings. The van der Waals surface area contributed by atoms with Crippen LogP contribution in [0.1, 0.15) is 131 Å². The molecule has 0 radical (unpaired) electrons. The lowest BCUT2D eigenvalue weighted by atomic mass is 10.1. The zero-order valence-corrected chi connectivity index (χ0v) is 71.5. The Kier molecular flexibility index (Phi) is 28.2. The van der Waals surface area contributed by atoms with Crippen LogP contribution in [-0.2, 0) is 82.9 Å². The first-order valence-corrected chi connectivity index (χ1v) is 45.8. The van der Waals surface area contributed by atoms with Crippen LogP contribution in [0.3, 0.4) is 0 Å². The summed E-state index contributed by atoms with van der Waals surface area (Å²) >= 11 is 10.5. The minimum atomic E-state index is -4.47. The number of aliphatic hydroxyl groups is 1. The number of hydrogen-bond acceptors (Lipinski definition) is 28. The molecule has 4 saturated heterocycles. The van der Waals surface area contributed by atoms with Gasteiger partial charge in [0.2, 0.25) is 0 Å². The molecule has 1 N–H and O–H groups in total. The summed E-state index contributed by atoms with van der Waals surface area (Å²) in [4.78, 5) is 97.7. The molecule has 0 saturated carbocycles. The molecule has 0 spiro atoms. The van der Waals surface area contributed by atoms with E-state index in [1.807, 2.05) is 78.1 Å². The Hall–Kier alpha value is -7.51. The van der Waals surface area contributed by atoms with Gasteiger partial charge in [0, 0.05) is 24.2 Å². The lowest BCUT2D eigenvalue weighted by Crippen LogP contribution is -2.49. The summed E-state index contributed by atoms with van der Waals surface area (Å²) in [5.41, 5.74) is 4.34. The van der Waals surface area contributed by atoms with Crippen LogP contribution in [0.5, 0.6) is 0 Å². The van der Waals surface area contributed by atoms with Crippen LogP contribution >= 0.6 is 40.5 Å². The second-order valence-corrected chi connectivity index (χ2v) is 39.4. The predicted molar refractivity (Wildman–Crippen MR) is 439 cm³/mol. The number of alkyl halides is 4. The molecular weight excluding hydrogens is 1660 g/mol. The molecule has 14 heterocycles. The number of anilines is 2. The first-order chi connectivity index (χ1) is 55.2. The van der Waals surface area contributed by atoms with Gasteiger partial charge >= 0.3 is 0 Å². The zero-order valence-electron chi connectivity index (χ0n) is 65.0. The molecule has 10 aromatic rings. The van der Waals surface area contributed by atoms with E-state index in [0.29, 0.717) is 76.9 Å². The highest BCUT2D eigenvalue weighted by molar-refractivity contribution is 8.32. The van der Waals surface area contributed by atoms with Crippen LogP contribution < -0.4 is 14.7 Å². The van der Waals surface area contributed by atoms with Crippen LogP contribution in [0.15, 0.2) is 136 Å². The molecule has 18 atom stereocenters. The van der Waals surface area contributed by atoms with E-state index in [4.69, 9.17) is 65.5 Å². The van der Waals surface area contributed by atoms with Gasteiger partial charge in [0.05, 0.1) is 62.1 Å². The third kappa shape index (κ3) is 18.1. The topological polar surface area (TPSA) is 358 Å². The normalized spacial score (nSPS) is 29.8. The summed E-state index contributed by atoms with van der Waals surface area (Å²) in [6.45, 7) is 7.67. The van der Waals surface area contributed by atoms with Crippen molar-refractivity contribution in [3.05, 3.63) is 158 Å². The first kappa shape index (κ1) is 88.8. The van der Waals surface area contributed by atoms with Gasteiger partial charge in [-0.2, -0.15) is 27.0 Å². The average Bonchev–Trinajstić information content (AvgIpc) is 1.63. The van der Waals surface area contributed by atoms with Gasteiger partial charge in [-0.05, 0) is 80.9 Å². The van der Waals surface area contributed by atoms with Gasteiger partial charge in [0.1, 0.15) is 79.7 Å². The highest BCUT2D eigenvalue weighted by Gasteiger charge is 2.54. The number of carbonyl (C=O) groups is 2. The first-order valence-electron chi connectivity index (χ1n) is 37.8. The highest BCUT2D eigenvalue weighted by Crippen LogP contribution is 2.54. The fraction of sp³-hybridized carbons (Fsp3) is 0.486. The number of ether oxygens (including phenoxy) is 4. The third-order valence-corrected chi connectivity index (χ3v) is 28.7. The number of allylic oxidation sites excluding steroid dienone is 2. The molecule has 24 bridgehead atoms. The molecule has 4 fully saturated rings. The Morgan fingerprint density at radius 1 is 0.564 bits per heavy atom. The summed E-state index contributed by atoms with van der Waals surface area (Å²) < 4.78 is 138. The molecule has 32 nitrogen and oxygen atoms in total. The van der Waals surface area contributed by atoms with Gasteiger partial charge in [-0.15, -0.1) is 0 Å². The maximum absolute atomic E-state index is 17.1. The van der Waals surface area contributed by atoms with Crippen molar-refractivity contribution in [2.24, 2.45) is 0 Å². The predicted octanol–water partition coefficient (Wildman–Crippen LogP) is 11.4. The molecule has 6 aliphatic heterocycles. The van der Waals surface area contributed by atoms with E-state index < -0.39 is 133 Å². The lowest BCUT2D eigenvalue weighted by Gasteiger charge is -2.40. The second kappa shape index (κ2) is 37.2. The van der Waals surface area contributed by atoms with Crippen molar-refractivity contribution < 1.29 is 83.2 Å². The summed E-state index contributed by atoms with van der Waals surface area (Å²) in [6.07, 6.45) is -2.13. The van der Waals surface area contributed by atoms with Crippen molar-refractivity contribution in [3.8, 4) is 0 Å². The van der Waals surface area contributed by atoms with E-state index in [9.17, 15) is 24.2 Å². The number of carbonyl (C=O) groups excluding carboxylic acids is 2. The molecule has 0 aliphatic carbocycles. The van der Waals surface area contributed by atoms with Crippen molar-refractivity contribution in [1.29, 1.82) is 0 Å². The Bertz CT molecular complexity index is 5310. The van der Waals surface area contributed by atoms with Crippen LogP contribution in [0, 0.1) is 0 Å². The number of benzene rings is 2. The third-order valence-electron chi connectivity index (χ3n) is 21.1. The van der Waals surface area contributed by atoms with Crippen LogP contribution in [0.2, 0.25) is 18.1 Å². The average molecular weight is 1750 g/mol. The molecule has 4 unspecified atom stereocenters. The van der Waals surface area contributed by atoms with Crippen molar-refractivity contribution in [2.75, 3.05) is 36.1 Å². The van der Waals surface area contributed by atoms with Gasteiger partial charge in [0.15, 0.2) is 110 Å². The fourth-order valence-corrected chi connectivity index (χ4v) is 18.4. The Balaban J connectivity index is 0.000000209. The number of aliphatic hydroxyl groups excluding tert-OH is 1. The largest absolute Gasteiger partial charge is 0.780 e. The number of fused-ring (bicyclic) bond motifs is 12. The number of aromatic nitrogens is 16. The fourth-order valence-electron chi connectivity index (χ4n) is 14.2. The molecule has 2 amide bonds. The molecule has 117 heavy (non-hydrogen) atoms. The molecular formula is C74H90F4N18O14P2S4Si-2. The SMILES string of the molecule is CC.CC[C@H]1O[C@@H]2[C@H](F)[C@@H]1OP(=O)([S-])OC[C@H]1OC([C@H](F)[C@@H]1O[Si](C)(C)C(C)(C)C)n1cnc3c(ncnc31)N(C(=O)c1ccccc1)C/C=C/CCc1ncnc3c1ncn32.CC[C@H]1O[C@@H]2[C@H](F)[C@@H]1OP([O-])(=S)OC[C@H]1OC([C@H](F)[C@@H]1O)n1cnc3c(ncnc31)N(C(=O)c1ccccc1)C/C=C/CCc1ncnc3c1ncn32.S.S. The van der Waals surface area contributed by atoms with E-state index in [2.05, 4.69) is 59.8 Å². The molecule has 628 valence electrons. The minimum Gasteiger partial charge on any atom is -0.780 e. The van der Waals surface area contributed by atoms with E-state index in [1.54, 1.807) is 68.4 Å². The van der Waals surface area contributed by atoms with Crippen molar-refractivity contribution in [1.82, 2.24) is 78.1 Å². The number of rotatable bonds is 6. The van der Waals surface area contributed by atoms with Gasteiger partial charge in [-0.3, -0.25) is 42.2 Å². The number of imidazole rings is 4. The highest BCUT2D eigenvalue weighted by atomic mass is 32.7. The number of hydrogen-bond donors (Lipinski definition) is 1.